The largest absolute Gasteiger partial charge is 0.480 e. The van der Waals surface area contributed by atoms with E-state index in [1.807, 2.05) is 18.2 Å². The number of hydrogen-bond donors (Lipinski definition) is 3. The Balaban J connectivity index is 2.59. The number of ether oxygens (including phenoxy) is 2. The van der Waals surface area contributed by atoms with Gasteiger partial charge in [-0.15, -0.1) is 0 Å². The molecule has 0 aliphatic carbocycles. The molecule has 138 valence electrons. The lowest BCUT2D eigenvalue weighted by Gasteiger charge is -2.24. The van der Waals surface area contributed by atoms with Crippen molar-refractivity contribution in [3.8, 4) is 0 Å². The minimum atomic E-state index is -1.18. The number of carbonyl (C=O) groups is 3. The summed E-state index contributed by atoms with van der Waals surface area (Å²) in [6.45, 7) is 4.78. The molecule has 0 heterocycles. The number of alkyl carbamates (subject to hydrolysis) is 1. The molecule has 0 saturated carbocycles. The molecular formula is C17H24N2O6. The topological polar surface area (TPSA) is 114 Å². The molecule has 0 aromatic heterocycles. The fourth-order valence-corrected chi connectivity index (χ4v) is 1.71. The summed E-state index contributed by atoms with van der Waals surface area (Å²) < 4.78 is 10.6. The summed E-state index contributed by atoms with van der Waals surface area (Å²) in [4.78, 5) is 34.5. The van der Waals surface area contributed by atoms with Crippen LogP contribution in [0.25, 0.3) is 0 Å². The van der Waals surface area contributed by atoms with Gasteiger partial charge in [0.15, 0.2) is 0 Å². The van der Waals surface area contributed by atoms with Gasteiger partial charge >= 0.3 is 12.1 Å². The zero-order valence-electron chi connectivity index (χ0n) is 14.6. The molecular weight excluding hydrogens is 328 g/mol. The van der Waals surface area contributed by atoms with E-state index in [2.05, 4.69) is 10.6 Å². The highest BCUT2D eigenvalue weighted by Gasteiger charge is 2.24. The van der Waals surface area contributed by atoms with Crippen LogP contribution in [0.3, 0.4) is 0 Å². The maximum Gasteiger partial charge on any atom is 0.408 e. The molecule has 0 spiro atoms. The van der Waals surface area contributed by atoms with Crippen molar-refractivity contribution in [2.45, 2.75) is 39.0 Å². The van der Waals surface area contributed by atoms with Crippen LogP contribution >= 0.6 is 0 Å². The van der Waals surface area contributed by atoms with Gasteiger partial charge < -0.3 is 25.2 Å². The van der Waals surface area contributed by atoms with Crippen molar-refractivity contribution in [1.82, 2.24) is 10.6 Å². The predicted octanol–water partition coefficient (Wildman–Crippen LogP) is 1.30. The molecule has 0 fully saturated rings. The van der Waals surface area contributed by atoms with Gasteiger partial charge in [0, 0.05) is 0 Å². The van der Waals surface area contributed by atoms with Gasteiger partial charge in [0.2, 0.25) is 5.91 Å². The number of carboxylic acids is 1. The average molecular weight is 352 g/mol. The van der Waals surface area contributed by atoms with Crippen LogP contribution in [-0.2, 0) is 25.7 Å². The van der Waals surface area contributed by atoms with E-state index in [-0.39, 0.29) is 13.2 Å². The van der Waals surface area contributed by atoms with E-state index in [4.69, 9.17) is 14.6 Å². The maximum absolute atomic E-state index is 12.0. The monoisotopic (exact) mass is 352 g/mol. The highest BCUT2D eigenvalue weighted by atomic mass is 16.5. The lowest BCUT2D eigenvalue weighted by Crippen LogP contribution is -2.51. The molecule has 25 heavy (non-hydrogen) atoms. The number of nitrogens with one attached hydrogen (secondary N) is 2. The number of hydrogen-bond acceptors (Lipinski definition) is 5. The molecule has 0 saturated heterocycles. The van der Waals surface area contributed by atoms with Crippen LogP contribution in [0.15, 0.2) is 30.3 Å². The highest BCUT2D eigenvalue weighted by Crippen LogP contribution is 2.07. The Bertz CT molecular complexity index is 583. The summed E-state index contributed by atoms with van der Waals surface area (Å²) in [6.07, 6.45) is -0.795. The van der Waals surface area contributed by atoms with E-state index in [1.54, 1.807) is 32.9 Å². The third-order valence-electron chi connectivity index (χ3n) is 2.92. The normalized spacial score (nSPS) is 12.1. The first kappa shape index (κ1) is 20.4. The molecule has 8 heteroatoms. The first-order valence-electron chi connectivity index (χ1n) is 7.78. The zero-order valence-corrected chi connectivity index (χ0v) is 14.6. The van der Waals surface area contributed by atoms with Gasteiger partial charge in [-0.1, -0.05) is 30.3 Å². The first-order chi connectivity index (χ1) is 11.7. The molecule has 1 atom stereocenters. The fraction of sp³-hybridized carbons (Fsp3) is 0.471. The SMILES string of the molecule is CC(C)(C)OC[C@H](NC(=O)OCc1ccccc1)C(=O)NCC(=O)O. The van der Waals surface area contributed by atoms with Crippen molar-refractivity contribution < 1.29 is 29.0 Å². The summed E-state index contributed by atoms with van der Waals surface area (Å²) >= 11 is 0. The van der Waals surface area contributed by atoms with Gasteiger partial charge in [0.25, 0.3) is 0 Å². The molecule has 2 amide bonds. The van der Waals surface area contributed by atoms with Crippen LogP contribution < -0.4 is 10.6 Å². The summed E-state index contributed by atoms with van der Waals surface area (Å²) in [5, 5.41) is 13.2. The third kappa shape index (κ3) is 9.31. The van der Waals surface area contributed by atoms with Crippen LogP contribution in [0.1, 0.15) is 26.3 Å². The van der Waals surface area contributed by atoms with Crippen molar-refractivity contribution in [3.63, 3.8) is 0 Å². The lowest BCUT2D eigenvalue weighted by molar-refractivity contribution is -0.138. The first-order valence-corrected chi connectivity index (χ1v) is 7.78. The molecule has 1 aromatic rings. The van der Waals surface area contributed by atoms with Gasteiger partial charge in [0.05, 0.1) is 12.2 Å². The van der Waals surface area contributed by atoms with E-state index >= 15 is 0 Å². The van der Waals surface area contributed by atoms with E-state index in [0.717, 1.165) is 5.56 Å². The van der Waals surface area contributed by atoms with Crippen LogP contribution in [0, 0.1) is 0 Å². The van der Waals surface area contributed by atoms with Gasteiger partial charge in [-0.3, -0.25) is 9.59 Å². The third-order valence-corrected chi connectivity index (χ3v) is 2.92. The van der Waals surface area contributed by atoms with Crippen LogP contribution in [-0.4, -0.2) is 47.9 Å². The number of amides is 2. The molecule has 0 unspecified atom stereocenters. The van der Waals surface area contributed by atoms with Crippen molar-refractivity contribution in [2.75, 3.05) is 13.2 Å². The van der Waals surface area contributed by atoms with Gasteiger partial charge in [0.1, 0.15) is 19.2 Å². The summed E-state index contributed by atoms with van der Waals surface area (Å²) in [7, 11) is 0. The molecule has 1 aromatic carbocycles. The molecule has 3 N–H and O–H groups in total. The second kappa shape index (κ2) is 9.63. The fourth-order valence-electron chi connectivity index (χ4n) is 1.71. The Hall–Kier alpha value is -2.61. The average Bonchev–Trinajstić information content (AvgIpc) is 2.54. The van der Waals surface area contributed by atoms with Crippen molar-refractivity contribution in [3.05, 3.63) is 35.9 Å². The van der Waals surface area contributed by atoms with E-state index in [9.17, 15) is 14.4 Å². The number of rotatable bonds is 8. The molecule has 8 nitrogen and oxygen atoms in total. The Morgan fingerprint density at radius 2 is 1.80 bits per heavy atom. The zero-order chi connectivity index (χ0) is 18.9. The minimum absolute atomic E-state index is 0.0519. The minimum Gasteiger partial charge on any atom is -0.480 e. The molecule has 0 aliphatic heterocycles. The number of aliphatic carboxylic acids is 1. The van der Waals surface area contributed by atoms with Gasteiger partial charge in [-0.25, -0.2) is 4.79 Å². The van der Waals surface area contributed by atoms with E-state index in [1.165, 1.54) is 0 Å². The number of carbonyl (C=O) groups excluding carboxylic acids is 2. The molecule has 0 radical (unpaired) electrons. The number of carboxylic acid groups (broad SMARTS) is 1. The van der Waals surface area contributed by atoms with E-state index < -0.39 is 36.2 Å². The van der Waals surface area contributed by atoms with Crippen molar-refractivity contribution in [2.24, 2.45) is 0 Å². The number of benzene rings is 1. The standard InChI is InChI=1S/C17H24N2O6/c1-17(2,3)25-11-13(15(22)18-9-14(20)21)19-16(23)24-10-12-7-5-4-6-8-12/h4-8,13H,9-11H2,1-3H3,(H,18,22)(H,19,23)(H,20,21)/t13-/m0/s1. The molecule has 0 bridgehead atoms. The van der Waals surface area contributed by atoms with Crippen molar-refractivity contribution in [1.29, 1.82) is 0 Å². The second-order valence-corrected chi connectivity index (χ2v) is 6.29. The predicted molar refractivity (Wildman–Crippen MR) is 89.9 cm³/mol. The quantitative estimate of drug-likeness (QED) is 0.650. The summed E-state index contributed by atoms with van der Waals surface area (Å²) in [5.41, 5.74) is 0.275. The Morgan fingerprint density at radius 1 is 1.16 bits per heavy atom. The summed E-state index contributed by atoms with van der Waals surface area (Å²) in [5.74, 6) is -1.85. The van der Waals surface area contributed by atoms with Crippen LogP contribution in [0.4, 0.5) is 4.79 Å². The van der Waals surface area contributed by atoms with Gasteiger partial charge in [-0.2, -0.15) is 0 Å². The van der Waals surface area contributed by atoms with Crippen LogP contribution in [0.2, 0.25) is 0 Å². The smallest absolute Gasteiger partial charge is 0.408 e. The highest BCUT2D eigenvalue weighted by molar-refractivity contribution is 5.88. The van der Waals surface area contributed by atoms with Crippen molar-refractivity contribution >= 4 is 18.0 Å². The Labute approximate surface area is 146 Å². The Morgan fingerprint density at radius 3 is 2.36 bits per heavy atom. The molecule has 1 rings (SSSR count). The maximum atomic E-state index is 12.0. The van der Waals surface area contributed by atoms with Crippen LogP contribution in [0.5, 0.6) is 0 Å². The van der Waals surface area contributed by atoms with E-state index in [0.29, 0.717) is 0 Å². The van der Waals surface area contributed by atoms with Gasteiger partial charge in [-0.05, 0) is 26.3 Å². The lowest BCUT2D eigenvalue weighted by atomic mass is 10.2. The Kier molecular flexibility index (Phi) is 7.87. The summed E-state index contributed by atoms with van der Waals surface area (Å²) in [6, 6.07) is 8.00. The molecule has 0 aliphatic rings. The second-order valence-electron chi connectivity index (χ2n) is 6.29.